The highest BCUT2D eigenvalue weighted by molar-refractivity contribution is 5.93. The number of hydrogen-bond donors (Lipinski definition) is 3. The molecule has 2 aliphatic carbocycles. The maximum absolute atomic E-state index is 13.1. The Morgan fingerprint density at radius 1 is 1.31 bits per heavy atom. The number of esters is 1. The second kappa shape index (κ2) is 11.2. The number of carbonyl (C=O) groups is 1. The molecule has 0 radical (unpaired) electrons. The van der Waals surface area contributed by atoms with Crippen molar-refractivity contribution in [3.05, 3.63) is 76.0 Å². The maximum Gasteiger partial charge on any atom is 0.342 e. The van der Waals surface area contributed by atoms with Crippen LogP contribution in [0.2, 0.25) is 0 Å². The van der Waals surface area contributed by atoms with E-state index in [9.17, 15) is 9.90 Å². The normalized spacial score (nSPS) is 19.6. The lowest BCUT2D eigenvalue weighted by atomic mass is 9.77. The molecule has 3 atom stereocenters. The average molecular weight is 494 g/mol. The highest BCUT2D eigenvalue weighted by Gasteiger charge is 2.38. The van der Waals surface area contributed by atoms with E-state index in [4.69, 9.17) is 19.6 Å². The molecular weight excluding hydrogens is 458 g/mol. The number of aliphatic hydroxyl groups is 1. The first-order valence-corrected chi connectivity index (χ1v) is 12.5. The summed E-state index contributed by atoms with van der Waals surface area (Å²) in [5, 5.41) is 15.8. The predicted molar refractivity (Wildman–Crippen MR) is 137 cm³/mol. The second-order valence-electron chi connectivity index (χ2n) is 9.41. The van der Waals surface area contributed by atoms with Gasteiger partial charge in [-0.25, -0.2) is 4.79 Å². The van der Waals surface area contributed by atoms with Crippen molar-refractivity contribution in [2.24, 2.45) is 17.6 Å². The molecule has 0 spiro atoms. The van der Waals surface area contributed by atoms with Gasteiger partial charge >= 0.3 is 5.97 Å². The van der Waals surface area contributed by atoms with Crippen LogP contribution < -0.4 is 21.7 Å². The zero-order valence-corrected chi connectivity index (χ0v) is 21.3. The van der Waals surface area contributed by atoms with Crippen LogP contribution in [0.4, 0.5) is 0 Å². The molecule has 4 N–H and O–H groups in total. The summed E-state index contributed by atoms with van der Waals surface area (Å²) in [6.07, 6.45) is 8.20. The lowest BCUT2D eigenvalue weighted by molar-refractivity contribution is 0.0523. The fourth-order valence-electron chi connectivity index (χ4n) is 4.76. The summed E-state index contributed by atoms with van der Waals surface area (Å²) < 4.78 is 17.6. The quantitative estimate of drug-likeness (QED) is 0.429. The van der Waals surface area contributed by atoms with Crippen LogP contribution in [0.3, 0.4) is 0 Å². The minimum Gasteiger partial charge on any atom is -0.493 e. The van der Waals surface area contributed by atoms with E-state index in [0.29, 0.717) is 58.9 Å². The third-order valence-electron chi connectivity index (χ3n) is 6.32. The van der Waals surface area contributed by atoms with Gasteiger partial charge in [-0.1, -0.05) is 19.9 Å². The Morgan fingerprint density at radius 3 is 2.72 bits per heavy atom. The number of nitrogens with zero attached hydrogens (tertiary/aromatic N) is 1. The Bertz CT molecular complexity index is 1280. The first kappa shape index (κ1) is 25.9. The van der Waals surface area contributed by atoms with E-state index in [1.54, 1.807) is 26.2 Å². The molecule has 36 heavy (non-hydrogen) atoms. The highest BCUT2D eigenvalue weighted by atomic mass is 16.5. The SMILES string of the molecule is CCOC(=O)c1c(C)oc2c1=C(C(NCCN)c1ccncc1)C(O)C1C=CC(OCC(C)C)=CC=21. The topological polar surface area (TPSA) is 120 Å². The zero-order valence-electron chi connectivity index (χ0n) is 21.3. The summed E-state index contributed by atoms with van der Waals surface area (Å²) in [5.41, 5.74) is 9.01. The number of pyridine rings is 1. The number of rotatable bonds is 10. The maximum atomic E-state index is 13.1. The molecule has 2 aromatic heterocycles. The lowest BCUT2D eigenvalue weighted by Crippen LogP contribution is -2.47. The summed E-state index contributed by atoms with van der Waals surface area (Å²) in [6.45, 7) is 9.39. The van der Waals surface area contributed by atoms with Crippen LogP contribution in [0.5, 0.6) is 0 Å². The molecule has 0 saturated heterocycles. The van der Waals surface area contributed by atoms with Gasteiger partial charge in [0.15, 0.2) is 0 Å². The van der Waals surface area contributed by atoms with Crippen LogP contribution in [-0.4, -0.2) is 48.5 Å². The Balaban J connectivity index is 2.03. The van der Waals surface area contributed by atoms with Crippen molar-refractivity contribution in [1.29, 1.82) is 0 Å². The summed E-state index contributed by atoms with van der Waals surface area (Å²) in [4.78, 5) is 17.3. The first-order chi connectivity index (χ1) is 17.4. The predicted octanol–water partition coefficient (Wildman–Crippen LogP) is 1.87. The van der Waals surface area contributed by atoms with Gasteiger partial charge in [-0.15, -0.1) is 0 Å². The number of nitrogens with one attached hydrogen (secondary N) is 1. The van der Waals surface area contributed by atoms with Crippen molar-refractivity contribution in [1.82, 2.24) is 10.3 Å². The smallest absolute Gasteiger partial charge is 0.342 e. The van der Waals surface area contributed by atoms with Crippen molar-refractivity contribution >= 4 is 17.1 Å². The molecule has 0 aromatic carbocycles. The number of aliphatic hydroxyl groups excluding tert-OH is 1. The number of aryl methyl sites for hydroxylation is 1. The van der Waals surface area contributed by atoms with E-state index in [-0.39, 0.29) is 12.5 Å². The fourth-order valence-corrected chi connectivity index (χ4v) is 4.76. The molecule has 0 fully saturated rings. The van der Waals surface area contributed by atoms with Crippen LogP contribution >= 0.6 is 0 Å². The Kier molecular flexibility index (Phi) is 8.08. The average Bonchev–Trinajstić information content (AvgIpc) is 3.22. The van der Waals surface area contributed by atoms with Crippen molar-refractivity contribution in [3.63, 3.8) is 0 Å². The van der Waals surface area contributed by atoms with Crippen LogP contribution in [0.15, 0.2) is 52.9 Å². The number of ether oxygens (including phenoxy) is 2. The molecule has 4 rings (SSSR count). The molecule has 0 aliphatic heterocycles. The van der Waals surface area contributed by atoms with Gasteiger partial charge in [0.25, 0.3) is 0 Å². The lowest BCUT2D eigenvalue weighted by Gasteiger charge is -2.33. The number of furan rings is 1. The number of aromatic nitrogens is 1. The van der Waals surface area contributed by atoms with Crippen LogP contribution in [0, 0.1) is 18.8 Å². The molecule has 0 saturated carbocycles. The second-order valence-corrected chi connectivity index (χ2v) is 9.41. The molecule has 2 heterocycles. The van der Waals surface area contributed by atoms with Crippen LogP contribution in [0.25, 0.3) is 11.1 Å². The van der Waals surface area contributed by atoms with E-state index in [0.717, 1.165) is 11.1 Å². The van der Waals surface area contributed by atoms with Gasteiger partial charge in [0.05, 0.1) is 25.4 Å². The first-order valence-electron chi connectivity index (χ1n) is 12.5. The number of allylic oxidation sites excluding steroid dienone is 2. The number of hydrogen-bond acceptors (Lipinski definition) is 8. The standard InChI is InChI=1S/C28H35N3O5/c1-5-34-28(33)22-17(4)36-27-21-14-19(35-15-16(2)3)6-7-20(21)26(32)24(23(22)27)25(31-13-10-29)18-8-11-30-12-9-18/h6-9,11-12,14,16,20,25-26,31-32H,5,10,13,15,29H2,1-4H3. The number of carbonyl (C=O) groups excluding carboxylic acids is 1. The van der Waals surface area contributed by atoms with Gasteiger partial charge in [-0.3, -0.25) is 4.98 Å². The van der Waals surface area contributed by atoms with Gasteiger partial charge in [-0.2, -0.15) is 0 Å². The summed E-state index contributed by atoms with van der Waals surface area (Å²) in [5.74, 6) is 0.642. The van der Waals surface area contributed by atoms with Gasteiger partial charge in [0, 0.05) is 42.2 Å². The molecule has 192 valence electrons. The Hall–Kier alpha value is -3.20. The van der Waals surface area contributed by atoms with E-state index < -0.39 is 18.1 Å². The largest absolute Gasteiger partial charge is 0.493 e. The molecule has 0 bridgehead atoms. The van der Waals surface area contributed by atoms with Gasteiger partial charge in [0.1, 0.15) is 22.5 Å². The molecule has 0 amide bonds. The monoisotopic (exact) mass is 493 g/mol. The van der Waals surface area contributed by atoms with Crippen LogP contribution in [0.1, 0.15) is 48.5 Å². The number of fused-ring (bicyclic) bond motifs is 2. The molecule has 2 aromatic rings. The van der Waals surface area contributed by atoms with E-state index in [1.165, 1.54) is 0 Å². The van der Waals surface area contributed by atoms with Crippen molar-refractivity contribution in [2.45, 2.75) is 39.8 Å². The Labute approximate surface area is 211 Å². The third-order valence-corrected chi connectivity index (χ3v) is 6.32. The summed E-state index contributed by atoms with van der Waals surface area (Å²) >= 11 is 0. The van der Waals surface area contributed by atoms with Crippen molar-refractivity contribution < 1.29 is 23.8 Å². The van der Waals surface area contributed by atoms with Crippen LogP contribution in [-0.2, 0) is 9.47 Å². The summed E-state index contributed by atoms with van der Waals surface area (Å²) in [6, 6.07) is 3.35. The van der Waals surface area contributed by atoms with E-state index in [2.05, 4.69) is 24.1 Å². The van der Waals surface area contributed by atoms with E-state index >= 15 is 0 Å². The third kappa shape index (κ3) is 5.02. The van der Waals surface area contributed by atoms with Gasteiger partial charge < -0.3 is 30.0 Å². The fraction of sp³-hybridized carbons (Fsp3) is 0.429. The van der Waals surface area contributed by atoms with Gasteiger partial charge in [0.2, 0.25) is 0 Å². The molecule has 2 aliphatic rings. The highest BCUT2D eigenvalue weighted by Crippen LogP contribution is 2.36. The number of nitrogens with two attached hydrogens (primary N) is 1. The van der Waals surface area contributed by atoms with E-state index in [1.807, 2.05) is 30.4 Å². The zero-order chi connectivity index (χ0) is 25.8. The molecule has 8 heteroatoms. The van der Waals surface area contributed by atoms with Crippen molar-refractivity contribution in [3.8, 4) is 0 Å². The minimum absolute atomic E-state index is 0.227. The molecule has 3 unspecified atom stereocenters. The van der Waals surface area contributed by atoms with Crippen molar-refractivity contribution in [2.75, 3.05) is 26.3 Å². The molecule has 8 nitrogen and oxygen atoms in total. The Morgan fingerprint density at radius 2 is 2.06 bits per heavy atom. The minimum atomic E-state index is -0.930. The van der Waals surface area contributed by atoms with Gasteiger partial charge in [-0.05, 0) is 55.2 Å². The molecular formula is C28H35N3O5. The summed E-state index contributed by atoms with van der Waals surface area (Å²) in [7, 11) is 0.